The average molecular weight is 521 g/mol. The van der Waals surface area contributed by atoms with Crippen LogP contribution in [0.4, 0.5) is 4.39 Å². The van der Waals surface area contributed by atoms with Crippen LogP contribution in [0.5, 0.6) is 11.8 Å². The molecule has 38 heavy (non-hydrogen) atoms. The summed E-state index contributed by atoms with van der Waals surface area (Å²) in [6, 6.07) is 9.25. The molecule has 2 heterocycles. The number of aromatic nitrogens is 2. The third-order valence-corrected chi connectivity index (χ3v) is 7.85. The first kappa shape index (κ1) is 26.1. The van der Waals surface area contributed by atoms with Crippen molar-refractivity contribution in [3.05, 3.63) is 70.8 Å². The molecular formula is C30H33FN2O5. The summed E-state index contributed by atoms with van der Waals surface area (Å²) in [5, 5.41) is 9.53. The number of carboxylic acids is 1. The molecule has 1 spiro atoms. The van der Waals surface area contributed by atoms with Crippen LogP contribution in [0, 0.1) is 17.2 Å². The molecule has 1 fully saturated rings. The molecule has 0 aliphatic heterocycles. The number of halogens is 1. The van der Waals surface area contributed by atoms with Crippen LogP contribution in [-0.2, 0) is 28.0 Å². The van der Waals surface area contributed by atoms with E-state index >= 15 is 0 Å². The SMILES string of the molecule is COc1cc(-c2ccc(COc3cc4c(cn3)CCC43CC3C(=O)O)cc2C(OC)C(C)(C)C)c(F)cn1. The van der Waals surface area contributed by atoms with Gasteiger partial charge in [0.15, 0.2) is 0 Å². The minimum Gasteiger partial charge on any atom is -0.481 e. The van der Waals surface area contributed by atoms with Crippen molar-refractivity contribution < 1.29 is 28.5 Å². The molecule has 5 rings (SSSR count). The van der Waals surface area contributed by atoms with Gasteiger partial charge in [-0.1, -0.05) is 32.9 Å². The van der Waals surface area contributed by atoms with Gasteiger partial charge in [-0.05, 0) is 58.6 Å². The lowest BCUT2D eigenvalue weighted by Crippen LogP contribution is -2.21. The molecule has 1 N–H and O–H groups in total. The topological polar surface area (TPSA) is 90.8 Å². The Morgan fingerprint density at radius 2 is 1.89 bits per heavy atom. The average Bonchev–Trinajstić information content (AvgIpc) is 3.52. The van der Waals surface area contributed by atoms with Crippen molar-refractivity contribution in [2.45, 2.75) is 58.2 Å². The number of hydrogen-bond donors (Lipinski definition) is 1. The Bertz CT molecular complexity index is 1390. The van der Waals surface area contributed by atoms with Gasteiger partial charge in [-0.15, -0.1) is 0 Å². The van der Waals surface area contributed by atoms with E-state index in [4.69, 9.17) is 14.2 Å². The van der Waals surface area contributed by atoms with Crippen LogP contribution in [-0.4, -0.2) is 35.3 Å². The van der Waals surface area contributed by atoms with Crippen molar-refractivity contribution in [2.24, 2.45) is 11.3 Å². The Morgan fingerprint density at radius 3 is 2.55 bits per heavy atom. The summed E-state index contributed by atoms with van der Waals surface area (Å²) in [5.41, 5.74) is 4.41. The molecule has 0 amide bonds. The van der Waals surface area contributed by atoms with Crippen LogP contribution >= 0.6 is 0 Å². The fourth-order valence-electron chi connectivity index (χ4n) is 5.91. The number of ether oxygens (including phenoxy) is 3. The summed E-state index contributed by atoms with van der Waals surface area (Å²) in [7, 11) is 3.15. The van der Waals surface area contributed by atoms with Crippen LogP contribution in [0.3, 0.4) is 0 Å². The zero-order valence-electron chi connectivity index (χ0n) is 22.4. The van der Waals surface area contributed by atoms with Crippen molar-refractivity contribution in [3.8, 4) is 22.9 Å². The largest absolute Gasteiger partial charge is 0.481 e. The highest BCUT2D eigenvalue weighted by molar-refractivity contribution is 5.78. The monoisotopic (exact) mass is 520 g/mol. The molecule has 7 nitrogen and oxygen atoms in total. The molecule has 8 heteroatoms. The summed E-state index contributed by atoms with van der Waals surface area (Å²) >= 11 is 0. The smallest absolute Gasteiger partial charge is 0.307 e. The first-order valence-corrected chi connectivity index (χ1v) is 12.8. The number of carboxylic acid groups (broad SMARTS) is 1. The molecule has 2 aliphatic carbocycles. The van der Waals surface area contributed by atoms with Crippen LogP contribution < -0.4 is 9.47 Å². The minimum atomic E-state index is -0.737. The number of hydrogen-bond acceptors (Lipinski definition) is 6. The summed E-state index contributed by atoms with van der Waals surface area (Å²) in [5.74, 6) is -0.721. The van der Waals surface area contributed by atoms with Crippen molar-refractivity contribution in [1.29, 1.82) is 0 Å². The second kappa shape index (κ2) is 9.66. The Kier molecular flexibility index (Phi) is 6.63. The third-order valence-electron chi connectivity index (χ3n) is 7.85. The van der Waals surface area contributed by atoms with Crippen molar-refractivity contribution >= 4 is 5.97 Å². The van der Waals surface area contributed by atoms with Crippen molar-refractivity contribution in [1.82, 2.24) is 9.97 Å². The van der Waals surface area contributed by atoms with E-state index in [1.54, 1.807) is 13.2 Å². The van der Waals surface area contributed by atoms with Gasteiger partial charge in [0.05, 0.1) is 25.3 Å². The number of methoxy groups -OCH3 is 2. The van der Waals surface area contributed by atoms with Gasteiger partial charge in [-0.3, -0.25) is 4.79 Å². The van der Waals surface area contributed by atoms with E-state index in [0.717, 1.165) is 41.3 Å². The number of carbonyl (C=O) groups is 1. The van der Waals surface area contributed by atoms with Crippen molar-refractivity contribution in [2.75, 3.05) is 14.2 Å². The lowest BCUT2D eigenvalue weighted by Gasteiger charge is -2.32. The highest BCUT2D eigenvalue weighted by atomic mass is 19.1. The highest BCUT2D eigenvalue weighted by Gasteiger charge is 2.62. The van der Waals surface area contributed by atoms with E-state index in [-0.39, 0.29) is 29.5 Å². The zero-order chi connectivity index (χ0) is 27.2. The second-order valence-corrected chi connectivity index (χ2v) is 11.3. The van der Waals surface area contributed by atoms with E-state index in [2.05, 4.69) is 30.7 Å². The van der Waals surface area contributed by atoms with E-state index < -0.39 is 11.8 Å². The number of rotatable bonds is 8. The fourth-order valence-corrected chi connectivity index (χ4v) is 5.91. The maximum Gasteiger partial charge on any atom is 0.307 e. The second-order valence-electron chi connectivity index (χ2n) is 11.3. The highest BCUT2D eigenvalue weighted by Crippen LogP contribution is 2.61. The lowest BCUT2D eigenvalue weighted by molar-refractivity contribution is -0.139. The molecule has 3 atom stereocenters. The first-order valence-electron chi connectivity index (χ1n) is 12.8. The van der Waals surface area contributed by atoms with E-state index in [9.17, 15) is 14.3 Å². The molecule has 3 unspecified atom stereocenters. The van der Waals surface area contributed by atoms with Gasteiger partial charge in [-0.25, -0.2) is 14.4 Å². The molecule has 2 aliphatic rings. The summed E-state index contributed by atoms with van der Waals surface area (Å²) < 4.78 is 32.2. The number of nitrogens with zero attached hydrogens (tertiary/aromatic N) is 2. The third kappa shape index (κ3) is 4.62. The van der Waals surface area contributed by atoms with E-state index in [1.807, 2.05) is 30.5 Å². The van der Waals surface area contributed by atoms with Gasteiger partial charge in [0.2, 0.25) is 11.8 Å². The number of benzene rings is 1. The van der Waals surface area contributed by atoms with Crippen molar-refractivity contribution in [3.63, 3.8) is 0 Å². The Balaban J connectivity index is 1.45. The molecule has 2 aromatic heterocycles. The van der Waals surface area contributed by atoms with Crippen LogP contribution in [0.15, 0.2) is 42.7 Å². The fraction of sp³-hybridized carbons (Fsp3) is 0.433. The van der Waals surface area contributed by atoms with Crippen LogP contribution in [0.2, 0.25) is 0 Å². The summed E-state index contributed by atoms with van der Waals surface area (Å²) in [6.07, 6.45) is 5.01. The van der Waals surface area contributed by atoms with E-state index in [0.29, 0.717) is 29.3 Å². The molecule has 1 saturated carbocycles. The molecule has 200 valence electrons. The molecule has 0 radical (unpaired) electrons. The van der Waals surface area contributed by atoms with E-state index in [1.165, 1.54) is 7.11 Å². The summed E-state index contributed by atoms with van der Waals surface area (Å²) in [4.78, 5) is 20.1. The first-order chi connectivity index (χ1) is 18.1. The predicted octanol–water partition coefficient (Wildman–Crippen LogP) is 5.89. The maximum absolute atomic E-state index is 14.9. The van der Waals surface area contributed by atoms with Gasteiger partial charge >= 0.3 is 5.97 Å². The number of aliphatic carboxylic acids is 1. The standard InChI is InChI=1S/C30H33FN2O5/c1-29(2,3)27(37-5)21-10-17(6-7-19(21)20-11-25(36-4)33-15-24(20)31)16-38-26-12-22-18(14-32-26)8-9-30(22)13-23(30)28(34)35/h6-7,10-12,14-15,23,27H,8-9,13,16H2,1-5H3,(H,34,35). The predicted molar refractivity (Wildman–Crippen MR) is 140 cm³/mol. The molecule has 3 aromatic rings. The van der Waals surface area contributed by atoms with Gasteiger partial charge in [0.25, 0.3) is 0 Å². The van der Waals surface area contributed by atoms with Gasteiger partial charge in [-0.2, -0.15) is 0 Å². The van der Waals surface area contributed by atoms with Crippen LogP contribution in [0.25, 0.3) is 11.1 Å². The Labute approximate surface area is 222 Å². The number of pyridine rings is 2. The number of fused-ring (bicyclic) bond motifs is 2. The number of aryl methyl sites for hydroxylation is 1. The zero-order valence-corrected chi connectivity index (χ0v) is 22.4. The quantitative estimate of drug-likeness (QED) is 0.396. The minimum absolute atomic E-state index is 0.247. The molecule has 0 bridgehead atoms. The lowest BCUT2D eigenvalue weighted by atomic mass is 9.81. The van der Waals surface area contributed by atoms with Gasteiger partial charge in [0.1, 0.15) is 12.4 Å². The summed E-state index contributed by atoms with van der Waals surface area (Å²) in [6.45, 7) is 6.47. The Morgan fingerprint density at radius 1 is 1.13 bits per heavy atom. The van der Waals surface area contributed by atoms with Gasteiger partial charge < -0.3 is 19.3 Å². The maximum atomic E-state index is 14.9. The molecule has 0 saturated heterocycles. The van der Waals surface area contributed by atoms with Gasteiger partial charge in [0, 0.05) is 36.4 Å². The normalized spacial score (nSPS) is 20.7. The Hall–Kier alpha value is -3.52. The molecular weight excluding hydrogens is 487 g/mol. The molecule has 1 aromatic carbocycles. The van der Waals surface area contributed by atoms with Crippen LogP contribution in [0.1, 0.15) is 62.0 Å².